The number of aromatic amines is 1. The van der Waals surface area contributed by atoms with E-state index in [0.29, 0.717) is 22.3 Å². The number of benzene rings is 2. The van der Waals surface area contributed by atoms with Gasteiger partial charge in [0.1, 0.15) is 11.6 Å². The molecule has 27 heavy (non-hydrogen) atoms. The number of amides is 1. The van der Waals surface area contributed by atoms with Gasteiger partial charge < -0.3 is 15.6 Å². The second-order valence-electron chi connectivity index (χ2n) is 5.82. The molecule has 3 N–H and O–H groups in total. The van der Waals surface area contributed by atoms with E-state index in [0.717, 1.165) is 11.9 Å². The molecular weight excluding hydrogens is 383 g/mol. The van der Waals surface area contributed by atoms with Crippen molar-refractivity contribution in [1.82, 2.24) is 10.3 Å². The molecule has 0 fully saturated rings. The number of halogens is 2. The summed E-state index contributed by atoms with van der Waals surface area (Å²) >= 11 is 11.8. The number of nitrogens with one attached hydrogen (secondary N) is 3. The maximum atomic E-state index is 12.2. The monoisotopic (exact) mass is 398 g/mol. The zero-order valence-corrected chi connectivity index (χ0v) is 15.7. The van der Waals surface area contributed by atoms with Crippen molar-refractivity contribution in [3.63, 3.8) is 0 Å². The second-order valence-corrected chi connectivity index (χ2v) is 6.63. The maximum absolute atomic E-state index is 12.2. The molecule has 1 heterocycles. The topological polar surface area (TPSA) is 80.7 Å². The normalized spacial score (nSPS) is 11.2. The molecule has 1 aromatic heterocycles. The molecule has 0 radical (unpaired) electrons. The van der Waals surface area contributed by atoms with Crippen molar-refractivity contribution in [2.75, 3.05) is 11.9 Å². The molecule has 0 saturated heterocycles. The van der Waals surface area contributed by atoms with Crippen molar-refractivity contribution < 1.29 is 4.79 Å². The number of H-pyrrole nitrogens is 1. The number of carbonyl (C=O) groups excluding carboxylic acids is 1. The van der Waals surface area contributed by atoms with Gasteiger partial charge >= 0.3 is 0 Å². The van der Waals surface area contributed by atoms with Crippen LogP contribution in [0.25, 0.3) is 10.9 Å². The number of nitriles is 1. The first kappa shape index (κ1) is 18.8. The third-order valence-corrected chi connectivity index (χ3v) is 4.74. The first-order valence-corrected chi connectivity index (χ1v) is 8.99. The molecule has 0 atom stereocenters. The van der Waals surface area contributed by atoms with E-state index in [9.17, 15) is 10.1 Å². The molecule has 0 aliphatic carbocycles. The van der Waals surface area contributed by atoms with Gasteiger partial charge in [-0.05, 0) is 36.2 Å². The van der Waals surface area contributed by atoms with E-state index >= 15 is 0 Å². The smallest absolute Gasteiger partial charge is 0.267 e. The molecule has 136 valence electrons. The summed E-state index contributed by atoms with van der Waals surface area (Å²) in [6.07, 6.45) is 4.15. The highest BCUT2D eigenvalue weighted by Gasteiger charge is 2.10. The molecule has 0 bridgehead atoms. The molecule has 0 unspecified atom stereocenters. The van der Waals surface area contributed by atoms with E-state index in [-0.39, 0.29) is 5.57 Å². The first-order chi connectivity index (χ1) is 13.1. The van der Waals surface area contributed by atoms with Crippen LogP contribution < -0.4 is 10.6 Å². The summed E-state index contributed by atoms with van der Waals surface area (Å²) in [4.78, 5) is 15.4. The summed E-state index contributed by atoms with van der Waals surface area (Å²) in [6.45, 7) is 0.590. The van der Waals surface area contributed by atoms with E-state index in [1.807, 2.05) is 30.5 Å². The Morgan fingerprint density at radius 2 is 2.00 bits per heavy atom. The molecule has 0 aliphatic rings. The number of nitrogens with zero attached hydrogens (tertiary/aromatic N) is 1. The highest BCUT2D eigenvalue weighted by atomic mass is 35.5. The van der Waals surface area contributed by atoms with Gasteiger partial charge in [0.25, 0.3) is 5.91 Å². The molecule has 0 spiro atoms. The van der Waals surface area contributed by atoms with Crippen LogP contribution in [0.1, 0.15) is 5.56 Å². The molecule has 7 heteroatoms. The minimum absolute atomic E-state index is 0.0278. The Bertz CT molecular complexity index is 1050. The fourth-order valence-electron chi connectivity index (χ4n) is 2.64. The van der Waals surface area contributed by atoms with E-state index in [1.165, 1.54) is 23.2 Å². The number of para-hydroxylation sites is 1. The Kier molecular flexibility index (Phi) is 6.02. The Morgan fingerprint density at radius 3 is 2.78 bits per heavy atom. The lowest BCUT2D eigenvalue weighted by Crippen LogP contribution is -2.18. The van der Waals surface area contributed by atoms with Gasteiger partial charge in [-0.1, -0.05) is 41.4 Å². The first-order valence-electron chi connectivity index (χ1n) is 8.23. The quantitative estimate of drug-likeness (QED) is 0.321. The lowest BCUT2D eigenvalue weighted by atomic mass is 10.1. The van der Waals surface area contributed by atoms with Crippen LogP contribution in [0, 0.1) is 11.3 Å². The Labute approximate surface area is 166 Å². The molecule has 3 aromatic rings. The zero-order valence-electron chi connectivity index (χ0n) is 14.2. The number of hydrogen-bond donors (Lipinski definition) is 3. The van der Waals surface area contributed by atoms with E-state index in [1.54, 1.807) is 12.1 Å². The van der Waals surface area contributed by atoms with Crippen LogP contribution in [0.2, 0.25) is 10.0 Å². The summed E-state index contributed by atoms with van der Waals surface area (Å²) in [7, 11) is 0. The number of carbonyl (C=O) groups is 1. The molecule has 3 rings (SSSR count). The Morgan fingerprint density at radius 1 is 1.19 bits per heavy atom. The SMILES string of the molecule is N#C/C(=C/NCCc1c[nH]c2ccccc12)C(=O)Nc1ccc(Cl)c(Cl)c1. The van der Waals surface area contributed by atoms with E-state index in [2.05, 4.69) is 21.7 Å². The highest BCUT2D eigenvalue weighted by molar-refractivity contribution is 6.42. The summed E-state index contributed by atoms with van der Waals surface area (Å²) in [6, 6.07) is 14.7. The number of rotatable bonds is 6. The molecular formula is C20H16Cl2N4O. The minimum atomic E-state index is -0.518. The van der Waals surface area contributed by atoms with E-state index < -0.39 is 5.91 Å². The van der Waals surface area contributed by atoms with Crippen LogP contribution in [0.4, 0.5) is 5.69 Å². The molecule has 0 saturated carbocycles. The van der Waals surface area contributed by atoms with Crippen LogP contribution >= 0.6 is 23.2 Å². The van der Waals surface area contributed by atoms with Crippen molar-refractivity contribution in [2.45, 2.75) is 6.42 Å². The third kappa shape index (κ3) is 4.62. The largest absolute Gasteiger partial charge is 0.389 e. The predicted molar refractivity (Wildman–Crippen MR) is 109 cm³/mol. The van der Waals surface area contributed by atoms with Crippen LogP contribution in [0.3, 0.4) is 0 Å². The average Bonchev–Trinajstić information content (AvgIpc) is 3.08. The van der Waals surface area contributed by atoms with Gasteiger partial charge in [-0.25, -0.2) is 0 Å². The second kappa shape index (κ2) is 8.63. The van der Waals surface area contributed by atoms with Crippen molar-refractivity contribution in [1.29, 1.82) is 5.26 Å². The van der Waals surface area contributed by atoms with Crippen LogP contribution in [0.15, 0.2) is 60.4 Å². The lowest BCUT2D eigenvalue weighted by Gasteiger charge is -2.06. The van der Waals surface area contributed by atoms with Gasteiger partial charge in [-0.2, -0.15) is 5.26 Å². The average molecular weight is 399 g/mol. The van der Waals surface area contributed by atoms with Gasteiger partial charge in [-0.3, -0.25) is 4.79 Å². The summed E-state index contributed by atoms with van der Waals surface area (Å²) in [5, 5.41) is 16.8. The minimum Gasteiger partial charge on any atom is -0.389 e. The van der Waals surface area contributed by atoms with Gasteiger partial charge in [0.05, 0.1) is 10.0 Å². The van der Waals surface area contributed by atoms with Gasteiger partial charge in [-0.15, -0.1) is 0 Å². The predicted octanol–water partition coefficient (Wildman–Crippen LogP) is 4.65. The van der Waals surface area contributed by atoms with Crippen molar-refractivity contribution in [2.24, 2.45) is 0 Å². The number of fused-ring (bicyclic) bond motifs is 1. The summed E-state index contributed by atoms with van der Waals surface area (Å²) in [5.74, 6) is -0.518. The number of aromatic nitrogens is 1. The molecule has 0 aliphatic heterocycles. The Balaban J connectivity index is 1.58. The molecule has 5 nitrogen and oxygen atoms in total. The standard InChI is InChI=1S/C20H16Cl2N4O/c21-17-6-5-15(9-18(17)22)26-20(27)14(10-23)11-24-8-7-13-12-25-19-4-2-1-3-16(13)19/h1-6,9,11-12,24-25H,7-8H2,(H,26,27)/b14-11-. The summed E-state index contributed by atoms with van der Waals surface area (Å²) < 4.78 is 0. The van der Waals surface area contributed by atoms with Crippen molar-refractivity contribution in [3.05, 3.63) is 76.0 Å². The fraction of sp³-hybridized carbons (Fsp3) is 0.100. The highest BCUT2D eigenvalue weighted by Crippen LogP contribution is 2.25. The van der Waals surface area contributed by atoms with Gasteiger partial charge in [0.2, 0.25) is 0 Å². The van der Waals surface area contributed by atoms with Crippen LogP contribution in [-0.2, 0) is 11.2 Å². The zero-order chi connectivity index (χ0) is 19.2. The van der Waals surface area contributed by atoms with Crippen LogP contribution in [-0.4, -0.2) is 17.4 Å². The fourth-order valence-corrected chi connectivity index (χ4v) is 2.94. The number of hydrogen-bond acceptors (Lipinski definition) is 3. The van der Waals surface area contributed by atoms with Crippen molar-refractivity contribution in [3.8, 4) is 6.07 Å². The van der Waals surface area contributed by atoms with E-state index in [4.69, 9.17) is 23.2 Å². The summed E-state index contributed by atoms with van der Waals surface area (Å²) in [5.41, 5.74) is 2.70. The van der Waals surface area contributed by atoms with Crippen LogP contribution in [0.5, 0.6) is 0 Å². The lowest BCUT2D eigenvalue weighted by molar-refractivity contribution is -0.112. The molecule has 2 aromatic carbocycles. The molecule has 1 amide bonds. The maximum Gasteiger partial charge on any atom is 0.267 e. The van der Waals surface area contributed by atoms with Gasteiger partial charge in [0.15, 0.2) is 0 Å². The van der Waals surface area contributed by atoms with Gasteiger partial charge in [0, 0.05) is 35.5 Å². The van der Waals surface area contributed by atoms with Crippen molar-refractivity contribution >= 4 is 45.7 Å². The number of anilines is 1. The Hall–Kier alpha value is -2.94. The third-order valence-electron chi connectivity index (χ3n) is 4.00.